The summed E-state index contributed by atoms with van der Waals surface area (Å²) in [6.45, 7) is 6.85. The number of hydrogen-bond acceptors (Lipinski definition) is 3. The van der Waals surface area contributed by atoms with E-state index in [4.69, 9.17) is 11.6 Å². The number of alkyl halides is 1. The molecule has 1 N–H and O–H groups in total. The zero-order valence-electron chi connectivity index (χ0n) is 19.0. The third-order valence-electron chi connectivity index (χ3n) is 6.55. The van der Waals surface area contributed by atoms with Crippen LogP contribution in [0.4, 0.5) is 11.4 Å². The number of carbonyl (C=O) groups is 2. The third-order valence-corrected chi connectivity index (χ3v) is 7.22. The monoisotopic (exact) mass is 453 g/mol. The number of hydrogen-bond donors (Lipinski definition) is 1. The number of anilines is 2. The van der Waals surface area contributed by atoms with Gasteiger partial charge in [-0.15, -0.1) is 11.6 Å². The molecule has 32 heavy (non-hydrogen) atoms. The molecule has 4 rings (SSSR count). The minimum Gasteiger partial charge on any atom is -0.366 e. The van der Waals surface area contributed by atoms with E-state index in [0.717, 1.165) is 51.1 Å². The average molecular weight is 454 g/mol. The summed E-state index contributed by atoms with van der Waals surface area (Å²) in [5.74, 6) is 0.124. The van der Waals surface area contributed by atoms with Crippen molar-refractivity contribution in [3.05, 3.63) is 59.2 Å². The second-order valence-corrected chi connectivity index (χ2v) is 9.76. The summed E-state index contributed by atoms with van der Waals surface area (Å²) in [4.78, 5) is 30.5. The van der Waals surface area contributed by atoms with Gasteiger partial charge in [0.1, 0.15) is 0 Å². The van der Waals surface area contributed by atoms with E-state index in [2.05, 4.69) is 34.5 Å². The smallest absolute Gasteiger partial charge is 0.256 e. The molecule has 0 atom stereocenters. The summed E-state index contributed by atoms with van der Waals surface area (Å²) < 4.78 is 0. The number of nitrogens with zero attached hydrogens (tertiary/aromatic N) is 2. The number of benzene rings is 2. The summed E-state index contributed by atoms with van der Waals surface area (Å²) in [5, 5.41) is 2.96. The van der Waals surface area contributed by atoms with Gasteiger partial charge in [-0.3, -0.25) is 9.59 Å². The average Bonchev–Trinajstić information content (AvgIpc) is 2.83. The lowest BCUT2D eigenvalue weighted by Gasteiger charge is -2.34. The van der Waals surface area contributed by atoms with Crippen LogP contribution in [0.5, 0.6) is 0 Å². The van der Waals surface area contributed by atoms with E-state index in [9.17, 15) is 9.59 Å². The van der Waals surface area contributed by atoms with Crippen LogP contribution < -0.4 is 10.2 Å². The normalized spacial score (nSPS) is 16.5. The third kappa shape index (κ3) is 4.78. The second kappa shape index (κ2) is 9.53. The second-order valence-electron chi connectivity index (χ2n) is 9.50. The molecule has 0 spiro atoms. The van der Waals surface area contributed by atoms with Crippen LogP contribution in [0.25, 0.3) is 0 Å². The molecule has 2 heterocycles. The van der Waals surface area contributed by atoms with Crippen LogP contribution in [0.3, 0.4) is 0 Å². The molecular formula is C26H32ClN3O2. The lowest BCUT2D eigenvalue weighted by molar-refractivity contribution is -0.122. The Kier molecular flexibility index (Phi) is 6.75. The maximum absolute atomic E-state index is 13.6. The Labute approximate surface area is 195 Å². The van der Waals surface area contributed by atoms with Gasteiger partial charge >= 0.3 is 0 Å². The van der Waals surface area contributed by atoms with Crippen molar-refractivity contribution in [1.29, 1.82) is 0 Å². The lowest BCUT2D eigenvalue weighted by atomic mass is 9.95. The van der Waals surface area contributed by atoms with Crippen molar-refractivity contribution in [3.8, 4) is 0 Å². The SMILES string of the molecule is CC(C)(CCl)C(=O)Nc1ccc(N2CCc3ccccc3C2)c(C(=O)N2CCCCC2)c1. The first-order valence-electron chi connectivity index (χ1n) is 11.5. The quantitative estimate of drug-likeness (QED) is 0.642. The van der Waals surface area contributed by atoms with Gasteiger partial charge < -0.3 is 15.1 Å². The van der Waals surface area contributed by atoms with E-state index < -0.39 is 5.41 Å². The summed E-state index contributed by atoms with van der Waals surface area (Å²) in [5.41, 5.74) is 4.22. The highest BCUT2D eigenvalue weighted by atomic mass is 35.5. The van der Waals surface area contributed by atoms with Gasteiger partial charge in [0.25, 0.3) is 5.91 Å². The molecule has 0 unspecified atom stereocenters. The molecule has 0 aliphatic carbocycles. The summed E-state index contributed by atoms with van der Waals surface area (Å²) in [6, 6.07) is 14.2. The number of amides is 2. The Bertz CT molecular complexity index is 998. The van der Waals surface area contributed by atoms with E-state index in [0.29, 0.717) is 11.3 Å². The molecule has 1 fully saturated rings. The fraction of sp³-hybridized carbons (Fsp3) is 0.462. The molecule has 2 aliphatic heterocycles. The van der Waals surface area contributed by atoms with E-state index in [1.54, 1.807) is 0 Å². The van der Waals surface area contributed by atoms with Gasteiger partial charge in [0, 0.05) is 43.4 Å². The molecule has 0 bridgehead atoms. The summed E-state index contributed by atoms with van der Waals surface area (Å²) >= 11 is 5.98. The molecule has 6 heteroatoms. The van der Waals surface area contributed by atoms with Crippen molar-refractivity contribution < 1.29 is 9.59 Å². The van der Waals surface area contributed by atoms with E-state index >= 15 is 0 Å². The number of nitrogens with one attached hydrogen (secondary N) is 1. The molecule has 2 amide bonds. The van der Waals surface area contributed by atoms with Crippen molar-refractivity contribution in [1.82, 2.24) is 4.90 Å². The molecule has 1 saturated heterocycles. The molecule has 2 aromatic rings. The molecule has 0 radical (unpaired) electrons. The Hall–Kier alpha value is -2.53. The predicted octanol–water partition coefficient (Wildman–Crippen LogP) is 5.08. The first-order chi connectivity index (χ1) is 15.4. The standard InChI is InChI=1S/C26H32ClN3O2/c1-26(2,18-27)25(32)28-21-10-11-23(22(16-21)24(31)29-13-6-3-7-14-29)30-15-12-19-8-4-5-9-20(19)17-30/h4-5,8-11,16H,3,6-7,12-15,17-18H2,1-2H3,(H,28,32). The summed E-state index contributed by atoms with van der Waals surface area (Å²) in [6.07, 6.45) is 4.20. The Morgan fingerprint density at radius 3 is 2.44 bits per heavy atom. The number of piperidine rings is 1. The van der Waals surface area contributed by atoms with E-state index in [1.165, 1.54) is 17.5 Å². The highest BCUT2D eigenvalue weighted by Gasteiger charge is 2.29. The van der Waals surface area contributed by atoms with Crippen molar-refractivity contribution in [3.63, 3.8) is 0 Å². The Morgan fingerprint density at radius 1 is 1.00 bits per heavy atom. The van der Waals surface area contributed by atoms with Gasteiger partial charge in [-0.1, -0.05) is 24.3 Å². The predicted molar refractivity (Wildman–Crippen MR) is 131 cm³/mol. The maximum Gasteiger partial charge on any atom is 0.256 e. The number of fused-ring (bicyclic) bond motifs is 1. The molecule has 2 aromatic carbocycles. The molecule has 5 nitrogen and oxygen atoms in total. The highest BCUT2D eigenvalue weighted by molar-refractivity contribution is 6.20. The van der Waals surface area contributed by atoms with Crippen LogP contribution in [-0.2, 0) is 17.8 Å². The van der Waals surface area contributed by atoms with Crippen molar-refractivity contribution >= 4 is 34.8 Å². The van der Waals surface area contributed by atoms with Gasteiger partial charge in [0.2, 0.25) is 5.91 Å². The summed E-state index contributed by atoms with van der Waals surface area (Å²) in [7, 11) is 0. The van der Waals surface area contributed by atoms with Gasteiger partial charge in [-0.05, 0) is 68.9 Å². The van der Waals surface area contributed by atoms with Gasteiger partial charge in [-0.25, -0.2) is 0 Å². The molecule has 0 aromatic heterocycles. The molecule has 170 valence electrons. The number of carbonyl (C=O) groups excluding carboxylic acids is 2. The minimum absolute atomic E-state index is 0.0475. The zero-order chi connectivity index (χ0) is 22.7. The van der Waals surface area contributed by atoms with Crippen LogP contribution >= 0.6 is 11.6 Å². The fourth-order valence-corrected chi connectivity index (χ4v) is 4.51. The number of halogens is 1. The van der Waals surface area contributed by atoms with Crippen molar-refractivity contribution in [2.24, 2.45) is 5.41 Å². The van der Waals surface area contributed by atoms with Crippen LogP contribution in [-0.4, -0.2) is 42.2 Å². The van der Waals surface area contributed by atoms with Crippen molar-refractivity contribution in [2.45, 2.75) is 46.1 Å². The van der Waals surface area contributed by atoms with E-state index in [1.807, 2.05) is 36.9 Å². The fourth-order valence-electron chi connectivity index (χ4n) is 4.39. The van der Waals surface area contributed by atoms with E-state index in [-0.39, 0.29) is 17.7 Å². The zero-order valence-corrected chi connectivity index (χ0v) is 19.8. The van der Waals surface area contributed by atoms with Crippen LogP contribution in [0.1, 0.15) is 54.6 Å². The maximum atomic E-state index is 13.6. The number of likely N-dealkylation sites (tertiary alicyclic amines) is 1. The van der Waals surface area contributed by atoms with Crippen LogP contribution in [0.15, 0.2) is 42.5 Å². The molecule has 0 saturated carbocycles. The lowest BCUT2D eigenvalue weighted by Crippen LogP contribution is -2.38. The number of rotatable bonds is 5. The minimum atomic E-state index is -0.687. The Balaban J connectivity index is 1.66. The highest BCUT2D eigenvalue weighted by Crippen LogP contribution is 2.31. The Morgan fingerprint density at radius 2 is 1.72 bits per heavy atom. The van der Waals surface area contributed by atoms with Crippen LogP contribution in [0, 0.1) is 5.41 Å². The van der Waals surface area contributed by atoms with Gasteiger partial charge in [-0.2, -0.15) is 0 Å². The molecule has 2 aliphatic rings. The topological polar surface area (TPSA) is 52.7 Å². The van der Waals surface area contributed by atoms with Gasteiger partial charge in [0.15, 0.2) is 0 Å². The van der Waals surface area contributed by atoms with Crippen LogP contribution in [0.2, 0.25) is 0 Å². The molecular weight excluding hydrogens is 422 g/mol. The van der Waals surface area contributed by atoms with Gasteiger partial charge in [0.05, 0.1) is 11.0 Å². The van der Waals surface area contributed by atoms with Crippen molar-refractivity contribution in [2.75, 3.05) is 35.7 Å². The first kappa shape index (κ1) is 22.7. The largest absolute Gasteiger partial charge is 0.366 e. The first-order valence-corrected chi connectivity index (χ1v) is 12.0.